The molecule has 3 aromatic carbocycles. The van der Waals surface area contributed by atoms with Crippen LogP contribution in [0.4, 0.5) is 5.69 Å². The molecule has 0 aliphatic heterocycles. The molecule has 1 N–H and O–H groups in total. The summed E-state index contributed by atoms with van der Waals surface area (Å²) in [6, 6.07) is 18.0. The van der Waals surface area contributed by atoms with Crippen LogP contribution in [0.3, 0.4) is 0 Å². The summed E-state index contributed by atoms with van der Waals surface area (Å²) in [6.45, 7) is 7.84. The standard InChI is InChI=1S/C24H25BrClNO2/c1-4-28-23-13-18(14-27-22-11-7-8-16(2)17(22)3)12-20(25)24(23)29-15-19-9-5-6-10-21(19)26/h5-13,27H,4,14-15H2,1-3H3. The van der Waals surface area contributed by atoms with Crippen molar-refractivity contribution in [2.45, 2.75) is 33.9 Å². The molecule has 0 amide bonds. The normalized spacial score (nSPS) is 10.7. The molecule has 0 aromatic heterocycles. The average Bonchev–Trinajstić information content (AvgIpc) is 2.70. The highest BCUT2D eigenvalue weighted by Crippen LogP contribution is 2.38. The van der Waals surface area contributed by atoms with Crippen LogP contribution in [0.1, 0.15) is 29.2 Å². The van der Waals surface area contributed by atoms with Gasteiger partial charge in [-0.2, -0.15) is 0 Å². The third-order valence-corrected chi connectivity index (χ3v) is 5.74. The molecule has 0 aliphatic carbocycles. The molecule has 0 bridgehead atoms. The zero-order valence-corrected chi connectivity index (χ0v) is 19.2. The molecule has 152 valence electrons. The van der Waals surface area contributed by atoms with Crippen molar-refractivity contribution in [1.82, 2.24) is 0 Å². The summed E-state index contributed by atoms with van der Waals surface area (Å²) in [6.07, 6.45) is 0. The number of rotatable bonds is 8. The van der Waals surface area contributed by atoms with E-state index in [2.05, 4.69) is 59.4 Å². The van der Waals surface area contributed by atoms with Crippen LogP contribution in [-0.2, 0) is 13.2 Å². The minimum absolute atomic E-state index is 0.373. The van der Waals surface area contributed by atoms with Gasteiger partial charge in [-0.3, -0.25) is 0 Å². The van der Waals surface area contributed by atoms with Crippen LogP contribution >= 0.6 is 27.5 Å². The van der Waals surface area contributed by atoms with Crippen molar-refractivity contribution in [2.75, 3.05) is 11.9 Å². The second-order valence-electron chi connectivity index (χ2n) is 6.82. The average molecular weight is 475 g/mol. The van der Waals surface area contributed by atoms with Crippen molar-refractivity contribution in [2.24, 2.45) is 0 Å². The van der Waals surface area contributed by atoms with E-state index in [0.717, 1.165) is 21.3 Å². The number of hydrogen-bond donors (Lipinski definition) is 1. The molecule has 0 unspecified atom stereocenters. The Morgan fingerprint density at radius 3 is 2.55 bits per heavy atom. The maximum absolute atomic E-state index is 6.25. The van der Waals surface area contributed by atoms with E-state index in [1.807, 2.05) is 37.3 Å². The molecule has 29 heavy (non-hydrogen) atoms. The van der Waals surface area contributed by atoms with Gasteiger partial charge in [0, 0.05) is 22.8 Å². The molecule has 0 heterocycles. The van der Waals surface area contributed by atoms with Crippen molar-refractivity contribution < 1.29 is 9.47 Å². The molecular weight excluding hydrogens is 450 g/mol. The number of nitrogens with one attached hydrogen (secondary N) is 1. The molecule has 0 atom stereocenters. The Hall–Kier alpha value is -2.17. The maximum Gasteiger partial charge on any atom is 0.175 e. The highest BCUT2D eigenvalue weighted by molar-refractivity contribution is 9.10. The Morgan fingerprint density at radius 2 is 1.79 bits per heavy atom. The third-order valence-electron chi connectivity index (χ3n) is 4.79. The molecular formula is C24H25BrClNO2. The molecule has 3 aromatic rings. The predicted octanol–water partition coefficient (Wildman–Crippen LogP) is 7.31. The molecule has 0 fully saturated rings. The molecule has 0 saturated heterocycles. The number of aryl methyl sites for hydroxylation is 1. The lowest BCUT2D eigenvalue weighted by molar-refractivity contribution is 0.267. The van der Waals surface area contributed by atoms with E-state index in [1.165, 1.54) is 11.1 Å². The molecule has 0 spiro atoms. The third kappa shape index (κ3) is 5.46. The summed E-state index contributed by atoms with van der Waals surface area (Å²) < 4.78 is 12.8. The zero-order valence-electron chi connectivity index (χ0n) is 16.9. The molecule has 0 saturated carbocycles. The minimum Gasteiger partial charge on any atom is -0.490 e. The van der Waals surface area contributed by atoms with Gasteiger partial charge in [-0.15, -0.1) is 0 Å². The zero-order chi connectivity index (χ0) is 20.8. The van der Waals surface area contributed by atoms with Crippen LogP contribution in [-0.4, -0.2) is 6.61 Å². The maximum atomic E-state index is 6.25. The summed E-state index contributed by atoms with van der Waals surface area (Å²) in [4.78, 5) is 0. The van der Waals surface area contributed by atoms with Crippen LogP contribution < -0.4 is 14.8 Å². The first-order chi connectivity index (χ1) is 14.0. The van der Waals surface area contributed by atoms with Crippen LogP contribution in [0.2, 0.25) is 5.02 Å². The lowest BCUT2D eigenvalue weighted by atomic mass is 10.1. The topological polar surface area (TPSA) is 30.5 Å². The van der Waals surface area contributed by atoms with Crippen LogP contribution in [0.15, 0.2) is 59.1 Å². The van der Waals surface area contributed by atoms with E-state index in [4.69, 9.17) is 21.1 Å². The van der Waals surface area contributed by atoms with E-state index >= 15 is 0 Å². The summed E-state index contributed by atoms with van der Waals surface area (Å²) in [5.74, 6) is 1.40. The summed E-state index contributed by atoms with van der Waals surface area (Å²) in [7, 11) is 0. The van der Waals surface area contributed by atoms with Gasteiger partial charge < -0.3 is 14.8 Å². The first-order valence-electron chi connectivity index (χ1n) is 9.61. The molecule has 5 heteroatoms. The van der Waals surface area contributed by atoms with Gasteiger partial charge >= 0.3 is 0 Å². The van der Waals surface area contributed by atoms with Crippen LogP contribution in [0.25, 0.3) is 0 Å². The van der Waals surface area contributed by atoms with Gasteiger partial charge in [-0.05, 0) is 77.7 Å². The van der Waals surface area contributed by atoms with Crippen LogP contribution in [0.5, 0.6) is 11.5 Å². The van der Waals surface area contributed by atoms with Crippen molar-refractivity contribution >= 4 is 33.2 Å². The number of ether oxygens (including phenoxy) is 2. The van der Waals surface area contributed by atoms with Gasteiger partial charge in [-0.1, -0.05) is 41.9 Å². The Morgan fingerprint density at radius 1 is 1.00 bits per heavy atom. The van der Waals surface area contributed by atoms with E-state index in [-0.39, 0.29) is 0 Å². The van der Waals surface area contributed by atoms with Gasteiger partial charge in [0.05, 0.1) is 11.1 Å². The number of hydrogen-bond acceptors (Lipinski definition) is 3. The van der Waals surface area contributed by atoms with Crippen molar-refractivity contribution in [3.05, 3.63) is 86.3 Å². The van der Waals surface area contributed by atoms with Crippen LogP contribution in [0, 0.1) is 13.8 Å². The summed E-state index contributed by atoms with van der Waals surface area (Å²) in [5, 5.41) is 4.21. The number of halogens is 2. The fourth-order valence-corrected chi connectivity index (χ4v) is 3.83. The lowest BCUT2D eigenvalue weighted by Crippen LogP contribution is -2.05. The largest absolute Gasteiger partial charge is 0.490 e. The number of anilines is 1. The monoisotopic (exact) mass is 473 g/mol. The Labute approximate surface area is 186 Å². The van der Waals surface area contributed by atoms with E-state index in [0.29, 0.717) is 36.3 Å². The van der Waals surface area contributed by atoms with Crippen molar-refractivity contribution in [3.8, 4) is 11.5 Å². The second kappa shape index (κ2) is 10.0. The summed E-state index contributed by atoms with van der Waals surface area (Å²) >= 11 is 9.90. The second-order valence-corrected chi connectivity index (χ2v) is 8.08. The Balaban J connectivity index is 1.78. The van der Waals surface area contributed by atoms with E-state index < -0.39 is 0 Å². The molecule has 3 rings (SSSR count). The first-order valence-corrected chi connectivity index (χ1v) is 10.8. The first kappa shape index (κ1) is 21.5. The predicted molar refractivity (Wildman–Crippen MR) is 124 cm³/mol. The highest BCUT2D eigenvalue weighted by atomic mass is 79.9. The smallest absolute Gasteiger partial charge is 0.175 e. The molecule has 0 aliphatic rings. The molecule has 0 radical (unpaired) electrons. The van der Waals surface area contributed by atoms with E-state index in [1.54, 1.807) is 0 Å². The van der Waals surface area contributed by atoms with E-state index in [9.17, 15) is 0 Å². The van der Waals surface area contributed by atoms with Gasteiger partial charge in [-0.25, -0.2) is 0 Å². The summed E-state index contributed by atoms with van der Waals surface area (Å²) in [5.41, 5.74) is 5.71. The van der Waals surface area contributed by atoms with Gasteiger partial charge in [0.25, 0.3) is 0 Å². The van der Waals surface area contributed by atoms with Gasteiger partial charge in [0.15, 0.2) is 11.5 Å². The van der Waals surface area contributed by atoms with Crippen molar-refractivity contribution in [3.63, 3.8) is 0 Å². The Bertz CT molecular complexity index is 991. The SMILES string of the molecule is CCOc1cc(CNc2cccc(C)c2C)cc(Br)c1OCc1ccccc1Cl. The van der Waals surface area contributed by atoms with Gasteiger partial charge in [0.2, 0.25) is 0 Å². The minimum atomic E-state index is 0.373. The van der Waals surface area contributed by atoms with Gasteiger partial charge in [0.1, 0.15) is 6.61 Å². The number of benzene rings is 3. The Kier molecular flexibility index (Phi) is 7.45. The fourth-order valence-electron chi connectivity index (χ4n) is 3.03. The highest BCUT2D eigenvalue weighted by Gasteiger charge is 2.14. The lowest BCUT2D eigenvalue weighted by Gasteiger charge is -2.17. The quantitative estimate of drug-likeness (QED) is 0.371. The van der Waals surface area contributed by atoms with Crippen molar-refractivity contribution in [1.29, 1.82) is 0 Å². The fraction of sp³-hybridized carbons (Fsp3) is 0.250. The molecule has 3 nitrogen and oxygen atoms in total.